The van der Waals surface area contributed by atoms with Crippen LogP contribution in [-0.4, -0.2) is 56.3 Å². The van der Waals surface area contributed by atoms with Crippen molar-refractivity contribution in [3.63, 3.8) is 0 Å². The lowest BCUT2D eigenvalue weighted by atomic mass is 9.93. The molecule has 3 aliphatic rings. The summed E-state index contributed by atoms with van der Waals surface area (Å²) in [4.78, 5) is 46.0. The second kappa shape index (κ2) is 8.89. The number of hydrogen-bond acceptors (Lipinski definition) is 4. The summed E-state index contributed by atoms with van der Waals surface area (Å²) in [5.41, 5.74) is 1.76. The zero-order chi connectivity index (χ0) is 23.9. The normalized spacial score (nSPS) is 22.5. The number of aromatic nitrogens is 2. The summed E-state index contributed by atoms with van der Waals surface area (Å²) >= 11 is 0. The molecule has 2 aliphatic carbocycles. The Bertz CT molecular complexity index is 1100. The maximum atomic E-state index is 13.7. The van der Waals surface area contributed by atoms with Crippen molar-refractivity contribution in [1.82, 2.24) is 25.1 Å². The number of rotatable bonds is 7. The van der Waals surface area contributed by atoms with Crippen molar-refractivity contribution in [2.24, 2.45) is 0 Å². The quantitative estimate of drug-likeness (QED) is 0.660. The number of amides is 3. The highest BCUT2D eigenvalue weighted by molar-refractivity contribution is 6.07. The Labute approximate surface area is 200 Å². The van der Waals surface area contributed by atoms with Gasteiger partial charge in [0, 0.05) is 18.6 Å². The lowest BCUT2D eigenvalue weighted by Gasteiger charge is -2.44. The highest BCUT2D eigenvalue weighted by atomic mass is 16.2. The van der Waals surface area contributed by atoms with Crippen molar-refractivity contribution in [3.8, 4) is 0 Å². The van der Waals surface area contributed by atoms with Gasteiger partial charge in [0.2, 0.25) is 5.91 Å². The van der Waals surface area contributed by atoms with Crippen LogP contribution in [0, 0.1) is 6.92 Å². The van der Waals surface area contributed by atoms with Crippen LogP contribution in [0.3, 0.4) is 0 Å². The number of carbonyl (C=O) groups excluding carboxylic acids is 3. The van der Waals surface area contributed by atoms with Crippen LogP contribution in [0.4, 0.5) is 0 Å². The van der Waals surface area contributed by atoms with Crippen molar-refractivity contribution in [3.05, 3.63) is 53.1 Å². The number of hydrogen-bond donors (Lipinski definition) is 2. The second-order valence-electron chi connectivity index (χ2n) is 10.2. The molecule has 1 aromatic carbocycles. The fourth-order valence-corrected chi connectivity index (χ4v) is 5.29. The predicted octanol–water partition coefficient (Wildman–Crippen LogP) is 2.60. The van der Waals surface area contributed by atoms with Gasteiger partial charge in [-0.05, 0) is 51.5 Å². The molecule has 5 rings (SSSR count). The molecular weight excluding hydrogens is 430 g/mol. The molecule has 2 fully saturated rings. The molecule has 0 radical (unpaired) electrons. The summed E-state index contributed by atoms with van der Waals surface area (Å²) in [6.07, 6.45) is 8.21. The van der Waals surface area contributed by atoms with Crippen LogP contribution < -0.4 is 10.6 Å². The van der Waals surface area contributed by atoms with E-state index < -0.39 is 5.54 Å². The minimum absolute atomic E-state index is 0.0351. The van der Waals surface area contributed by atoms with Crippen molar-refractivity contribution in [2.45, 2.75) is 83.0 Å². The van der Waals surface area contributed by atoms with E-state index in [-0.39, 0.29) is 41.2 Å². The first-order valence-corrected chi connectivity index (χ1v) is 12.4. The van der Waals surface area contributed by atoms with Crippen molar-refractivity contribution in [2.75, 3.05) is 6.54 Å². The van der Waals surface area contributed by atoms with E-state index in [4.69, 9.17) is 0 Å². The third kappa shape index (κ3) is 4.21. The molecule has 34 heavy (non-hydrogen) atoms. The molecule has 3 amide bonds. The summed E-state index contributed by atoms with van der Waals surface area (Å²) < 4.78 is 1.68. The van der Waals surface area contributed by atoms with Crippen LogP contribution in [0.5, 0.6) is 0 Å². The summed E-state index contributed by atoms with van der Waals surface area (Å²) in [5.74, 6) is -0.744. The highest BCUT2D eigenvalue weighted by Gasteiger charge is 2.54. The minimum Gasteiger partial charge on any atom is -0.351 e. The molecule has 2 heterocycles. The summed E-state index contributed by atoms with van der Waals surface area (Å²) in [6.45, 7) is 4.64. The standard InChI is InChI=1S/C26H33N5O3/c1-17-7-9-18(10-8-17)13-14-27-23(32)21-22-24(33)31(20-11-12-20)26(2,15-30(22)16-28-21)25(34)29-19-5-3-4-6-19/h7-10,16,19-20H,3-6,11-15H2,1-2H3,(H,27,32)(H,29,34)/t26-/m0/s1. The molecule has 1 aliphatic heterocycles. The van der Waals surface area contributed by atoms with Gasteiger partial charge in [-0.3, -0.25) is 14.4 Å². The van der Waals surface area contributed by atoms with Crippen LogP contribution in [0.25, 0.3) is 0 Å². The summed E-state index contributed by atoms with van der Waals surface area (Å²) in [5, 5.41) is 6.09. The first-order chi connectivity index (χ1) is 16.4. The van der Waals surface area contributed by atoms with Gasteiger partial charge in [-0.15, -0.1) is 0 Å². The number of nitrogens with zero attached hydrogens (tertiary/aromatic N) is 3. The molecule has 8 nitrogen and oxygen atoms in total. The van der Waals surface area contributed by atoms with Crippen LogP contribution in [-0.2, 0) is 17.8 Å². The molecule has 0 unspecified atom stereocenters. The van der Waals surface area contributed by atoms with E-state index in [0.29, 0.717) is 19.5 Å². The lowest BCUT2D eigenvalue weighted by molar-refractivity contribution is -0.134. The average molecular weight is 464 g/mol. The van der Waals surface area contributed by atoms with Crippen molar-refractivity contribution in [1.29, 1.82) is 0 Å². The van der Waals surface area contributed by atoms with Crippen LogP contribution in [0.2, 0.25) is 0 Å². The zero-order valence-corrected chi connectivity index (χ0v) is 20.0. The van der Waals surface area contributed by atoms with Gasteiger partial charge in [-0.2, -0.15) is 0 Å². The molecule has 2 aromatic rings. The Morgan fingerprint density at radius 1 is 1.12 bits per heavy atom. The van der Waals surface area contributed by atoms with E-state index in [1.54, 1.807) is 9.47 Å². The Balaban J connectivity index is 1.32. The molecule has 0 spiro atoms. The minimum atomic E-state index is -0.992. The number of benzene rings is 1. The number of fused-ring (bicyclic) bond motifs is 1. The van der Waals surface area contributed by atoms with E-state index in [1.165, 1.54) is 11.9 Å². The van der Waals surface area contributed by atoms with Gasteiger partial charge in [-0.25, -0.2) is 4.98 Å². The fraction of sp³-hybridized carbons (Fsp3) is 0.538. The largest absolute Gasteiger partial charge is 0.351 e. The molecule has 180 valence electrons. The number of nitrogens with one attached hydrogen (secondary N) is 2. The van der Waals surface area contributed by atoms with E-state index >= 15 is 0 Å². The smallest absolute Gasteiger partial charge is 0.274 e. The Morgan fingerprint density at radius 3 is 2.50 bits per heavy atom. The Kier molecular flexibility index (Phi) is 5.91. The van der Waals surface area contributed by atoms with Crippen LogP contribution in [0.15, 0.2) is 30.6 Å². The number of imidazole rings is 1. The van der Waals surface area contributed by atoms with Crippen LogP contribution >= 0.6 is 0 Å². The van der Waals surface area contributed by atoms with E-state index in [0.717, 1.165) is 44.1 Å². The fourth-order valence-electron chi connectivity index (χ4n) is 5.29. The van der Waals surface area contributed by atoms with Gasteiger partial charge in [0.15, 0.2) is 5.69 Å². The molecule has 2 saturated carbocycles. The first-order valence-electron chi connectivity index (χ1n) is 12.4. The molecule has 0 saturated heterocycles. The van der Waals surface area contributed by atoms with E-state index in [2.05, 4.69) is 27.8 Å². The van der Waals surface area contributed by atoms with Gasteiger partial charge in [-0.1, -0.05) is 42.7 Å². The third-order valence-corrected chi connectivity index (χ3v) is 7.40. The average Bonchev–Trinajstić information content (AvgIpc) is 3.32. The molecular formula is C26H33N5O3. The second-order valence-corrected chi connectivity index (χ2v) is 10.2. The van der Waals surface area contributed by atoms with E-state index in [9.17, 15) is 14.4 Å². The van der Waals surface area contributed by atoms with Crippen molar-refractivity contribution >= 4 is 17.7 Å². The first kappa shape index (κ1) is 22.6. The Morgan fingerprint density at radius 2 is 1.82 bits per heavy atom. The lowest BCUT2D eigenvalue weighted by Crippen LogP contribution is -2.65. The third-order valence-electron chi connectivity index (χ3n) is 7.40. The molecule has 8 heteroatoms. The highest BCUT2D eigenvalue weighted by Crippen LogP contribution is 2.39. The molecule has 2 N–H and O–H groups in total. The Hall–Kier alpha value is -3.16. The summed E-state index contributed by atoms with van der Waals surface area (Å²) in [6, 6.07) is 8.41. The van der Waals surface area contributed by atoms with Gasteiger partial charge in [0.1, 0.15) is 11.2 Å². The SMILES string of the molecule is Cc1ccc(CCNC(=O)c2ncn3c2C(=O)N(C2CC2)[C@](C)(C(=O)NC2CCCC2)C3)cc1. The van der Waals surface area contributed by atoms with Crippen molar-refractivity contribution < 1.29 is 14.4 Å². The molecule has 1 atom stereocenters. The topological polar surface area (TPSA) is 96.3 Å². The maximum Gasteiger partial charge on any atom is 0.274 e. The molecule has 0 bridgehead atoms. The zero-order valence-electron chi connectivity index (χ0n) is 20.0. The van der Waals surface area contributed by atoms with Gasteiger partial charge < -0.3 is 20.1 Å². The number of aryl methyl sites for hydroxylation is 1. The molecule has 1 aromatic heterocycles. The van der Waals surface area contributed by atoms with Crippen LogP contribution in [0.1, 0.15) is 77.6 Å². The summed E-state index contributed by atoms with van der Waals surface area (Å²) in [7, 11) is 0. The van der Waals surface area contributed by atoms with E-state index in [1.807, 2.05) is 26.0 Å². The van der Waals surface area contributed by atoms with Gasteiger partial charge in [0.25, 0.3) is 11.8 Å². The monoisotopic (exact) mass is 463 g/mol. The van der Waals surface area contributed by atoms with Gasteiger partial charge >= 0.3 is 0 Å². The van der Waals surface area contributed by atoms with Gasteiger partial charge in [0.05, 0.1) is 12.9 Å². The number of carbonyl (C=O) groups is 3. The predicted molar refractivity (Wildman–Crippen MR) is 127 cm³/mol. The maximum absolute atomic E-state index is 13.7.